The summed E-state index contributed by atoms with van der Waals surface area (Å²) in [4.78, 5) is 32.2. The molecular weight excluding hydrogens is 344 g/mol. The number of hydrogen-bond donors (Lipinski definition) is 1. The molecule has 0 bridgehead atoms. The van der Waals surface area contributed by atoms with E-state index in [9.17, 15) is 9.59 Å². The van der Waals surface area contributed by atoms with Crippen molar-refractivity contribution in [1.29, 1.82) is 0 Å². The maximum Gasteiger partial charge on any atom is 0.338 e. The van der Waals surface area contributed by atoms with Crippen LogP contribution in [-0.2, 0) is 16.1 Å². The first-order valence-corrected chi connectivity index (χ1v) is 9.49. The van der Waals surface area contributed by atoms with Gasteiger partial charge in [0.15, 0.2) is 5.96 Å². The third kappa shape index (κ3) is 7.29. The van der Waals surface area contributed by atoms with Gasteiger partial charge in [-0.2, -0.15) is 0 Å². The highest BCUT2D eigenvalue weighted by atomic mass is 16.5. The number of aliphatic imine (C=N–C) groups is 1. The summed E-state index contributed by atoms with van der Waals surface area (Å²) in [5, 5.41) is 3.21. The van der Waals surface area contributed by atoms with Crippen LogP contribution in [0.4, 0.5) is 0 Å². The first-order valence-electron chi connectivity index (χ1n) is 9.49. The summed E-state index contributed by atoms with van der Waals surface area (Å²) < 4.78 is 4.99. The quantitative estimate of drug-likeness (QED) is 0.406. The highest BCUT2D eigenvalue weighted by molar-refractivity contribution is 5.89. The van der Waals surface area contributed by atoms with Crippen molar-refractivity contribution in [2.45, 2.75) is 34.2 Å². The molecule has 1 aromatic rings. The van der Waals surface area contributed by atoms with Gasteiger partial charge >= 0.3 is 5.97 Å². The minimum Gasteiger partial charge on any atom is -0.462 e. The lowest BCUT2D eigenvalue weighted by molar-refractivity contribution is -0.131. The van der Waals surface area contributed by atoms with Gasteiger partial charge in [-0.1, -0.05) is 12.1 Å². The Labute approximate surface area is 162 Å². The van der Waals surface area contributed by atoms with Crippen LogP contribution < -0.4 is 5.32 Å². The van der Waals surface area contributed by atoms with Gasteiger partial charge < -0.3 is 19.9 Å². The predicted octanol–water partition coefficient (Wildman–Crippen LogP) is 2.13. The number of rotatable bonds is 9. The fourth-order valence-corrected chi connectivity index (χ4v) is 2.55. The second-order valence-corrected chi connectivity index (χ2v) is 6.01. The van der Waals surface area contributed by atoms with E-state index in [1.165, 1.54) is 0 Å². The van der Waals surface area contributed by atoms with E-state index in [0.717, 1.165) is 5.56 Å². The molecule has 1 amide bonds. The largest absolute Gasteiger partial charge is 0.462 e. The Kier molecular flexibility index (Phi) is 9.93. The van der Waals surface area contributed by atoms with Crippen LogP contribution >= 0.6 is 0 Å². The molecule has 0 aliphatic heterocycles. The molecule has 0 atom stereocenters. The molecule has 7 nitrogen and oxygen atoms in total. The fourth-order valence-electron chi connectivity index (χ4n) is 2.55. The van der Waals surface area contributed by atoms with Crippen molar-refractivity contribution in [3.63, 3.8) is 0 Å². The number of carbonyl (C=O) groups excluding carboxylic acids is 2. The zero-order valence-electron chi connectivity index (χ0n) is 17.1. The van der Waals surface area contributed by atoms with E-state index in [-0.39, 0.29) is 18.4 Å². The zero-order valence-corrected chi connectivity index (χ0v) is 17.1. The summed E-state index contributed by atoms with van der Waals surface area (Å²) >= 11 is 0. The Balaban J connectivity index is 2.77. The fraction of sp³-hybridized carbons (Fsp3) is 0.550. The molecule has 150 valence electrons. The molecule has 1 rings (SSSR count). The molecule has 1 N–H and O–H groups in total. The summed E-state index contributed by atoms with van der Waals surface area (Å²) in [7, 11) is 1.85. The summed E-state index contributed by atoms with van der Waals surface area (Å²) in [6.45, 7) is 10.9. The van der Waals surface area contributed by atoms with Gasteiger partial charge in [-0.05, 0) is 45.4 Å². The lowest BCUT2D eigenvalue weighted by Crippen LogP contribution is -2.45. The first-order chi connectivity index (χ1) is 13.0. The van der Waals surface area contributed by atoms with Crippen LogP contribution in [0.15, 0.2) is 29.3 Å². The Morgan fingerprint density at radius 3 is 2.22 bits per heavy atom. The van der Waals surface area contributed by atoms with Crippen molar-refractivity contribution >= 4 is 17.8 Å². The predicted molar refractivity (Wildman–Crippen MR) is 108 cm³/mol. The Bertz CT molecular complexity index is 625. The molecule has 0 unspecified atom stereocenters. The Morgan fingerprint density at radius 1 is 1.07 bits per heavy atom. The molecule has 0 saturated heterocycles. The van der Waals surface area contributed by atoms with Gasteiger partial charge in [-0.15, -0.1) is 0 Å². The van der Waals surface area contributed by atoms with Crippen molar-refractivity contribution in [1.82, 2.24) is 15.1 Å². The average molecular weight is 377 g/mol. The molecule has 1 aromatic carbocycles. The van der Waals surface area contributed by atoms with E-state index >= 15 is 0 Å². The van der Waals surface area contributed by atoms with Crippen molar-refractivity contribution in [2.75, 3.05) is 39.8 Å². The number of guanidine groups is 1. The first kappa shape index (κ1) is 22.5. The van der Waals surface area contributed by atoms with Crippen LogP contribution in [0.1, 0.15) is 43.6 Å². The van der Waals surface area contributed by atoms with Gasteiger partial charge in [-0.3, -0.25) is 4.79 Å². The van der Waals surface area contributed by atoms with E-state index in [0.29, 0.717) is 44.3 Å². The third-order valence-electron chi connectivity index (χ3n) is 4.06. The van der Waals surface area contributed by atoms with Crippen LogP contribution in [-0.4, -0.2) is 67.5 Å². The Morgan fingerprint density at radius 2 is 1.70 bits per heavy atom. The van der Waals surface area contributed by atoms with Crippen LogP contribution in [0.25, 0.3) is 0 Å². The van der Waals surface area contributed by atoms with Crippen molar-refractivity contribution < 1.29 is 14.3 Å². The number of ether oxygens (including phenoxy) is 1. The van der Waals surface area contributed by atoms with Crippen LogP contribution in [0.2, 0.25) is 0 Å². The van der Waals surface area contributed by atoms with E-state index in [4.69, 9.17) is 4.74 Å². The molecule has 7 heteroatoms. The van der Waals surface area contributed by atoms with Crippen LogP contribution in [0.5, 0.6) is 0 Å². The van der Waals surface area contributed by atoms with Gasteiger partial charge in [0.25, 0.3) is 0 Å². The number of esters is 1. The van der Waals surface area contributed by atoms with Crippen LogP contribution in [0.3, 0.4) is 0 Å². The maximum atomic E-state index is 12.3. The lowest BCUT2D eigenvalue weighted by atomic mass is 10.1. The van der Waals surface area contributed by atoms with Gasteiger partial charge in [-0.25, -0.2) is 9.79 Å². The van der Waals surface area contributed by atoms with Gasteiger partial charge in [0, 0.05) is 26.7 Å². The van der Waals surface area contributed by atoms with Crippen molar-refractivity contribution in [3.05, 3.63) is 35.4 Å². The van der Waals surface area contributed by atoms with Crippen molar-refractivity contribution in [2.24, 2.45) is 4.99 Å². The summed E-state index contributed by atoms with van der Waals surface area (Å²) in [6.07, 6.45) is 0. The minimum atomic E-state index is -0.324. The summed E-state index contributed by atoms with van der Waals surface area (Å²) in [5.74, 6) is 0.426. The van der Waals surface area contributed by atoms with Gasteiger partial charge in [0.05, 0.1) is 25.3 Å². The number of nitrogens with zero attached hydrogens (tertiary/aromatic N) is 3. The number of nitrogens with one attached hydrogen (secondary N) is 1. The molecule has 0 saturated carbocycles. The van der Waals surface area contributed by atoms with E-state index in [2.05, 4.69) is 10.3 Å². The molecular formula is C20H32N4O3. The lowest BCUT2D eigenvalue weighted by Gasteiger charge is -2.25. The summed E-state index contributed by atoms with van der Waals surface area (Å²) in [6, 6.07) is 7.20. The smallest absolute Gasteiger partial charge is 0.338 e. The van der Waals surface area contributed by atoms with E-state index < -0.39 is 0 Å². The normalized spacial score (nSPS) is 11.1. The summed E-state index contributed by atoms with van der Waals surface area (Å²) in [5.41, 5.74) is 1.50. The highest BCUT2D eigenvalue weighted by Gasteiger charge is 2.15. The molecule has 27 heavy (non-hydrogen) atoms. The number of carbonyl (C=O) groups is 2. The van der Waals surface area contributed by atoms with E-state index in [1.807, 2.05) is 44.9 Å². The van der Waals surface area contributed by atoms with E-state index in [1.54, 1.807) is 24.0 Å². The standard InChI is InChI=1S/C20H32N4O3/c1-6-21-20(23(5)15-18(25)24(7-2)8-3)22-14-16-10-12-17(13-11-16)19(26)27-9-4/h10-13H,6-9,14-15H2,1-5H3,(H,21,22). The maximum absolute atomic E-state index is 12.3. The van der Waals surface area contributed by atoms with Gasteiger partial charge in [0.1, 0.15) is 0 Å². The number of amides is 1. The molecule has 0 aromatic heterocycles. The topological polar surface area (TPSA) is 74.2 Å². The number of benzene rings is 1. The third-order valence-corrected chi connectivity index (χ3v) is 4.06. The molecule has 0 aliphatic rings. The molecule has 0 aliphatic carbocycles. The zero-order chi connectivity index (χ0) is 20.2. The molecule has 0 radical (unpaired) electrons. The highest BCUT2D eigenvalue weighted by Crippen LogP contribution is 2.07. The van der Waals surface area contributed by atoms with Crippen LogP contribution in [0, 0.1) is 0 Å². The number of hydrogen-bond acceptors (Lipinski definition) is 4. The van der Waals surface area contributed by atoms with Gasteiger partial charge in [0.2, 0.25) is 5.91 Å². The molecule has 0 heterocycles. The Hall–Kier alpha value is -2.57. The monoisotopic (exact) mass is 376 g/mol. The second kappa shape index (κ2) is 11.9. The molecule has 0 fully saturated rings. The number of likely N-dealkylation sites (N-methyl/N-ethyl adjacent to an activating group) is 2. The average Bonchev–Trinajstić information content (AvgIpc) is 2.66. The second-order valence-electron chi connectivity index (χ2n) is 6.01. The molecule has 0 spiro atoms. The minimum absolute atomic E-state index is 0.0758. The SMILES string of the molecule is CCNC(=NCc1ccc(C(=O)OCC)cc1)N(C)CC(=O)N(CC)CC. The van der Waals surface area contributed by atoms with Crippen molar-refractivity contribution in [3.8, 4) is 0 Å².